The average Bonchev–Trinajstić information content (AvgIpc) is 3.23. The second kappa shape index (κ2) is 9.95. The third-order valence-electron chi connectivity index (χ3n) is 5.67. The SMILES string of the molecule is Cc1sc2ncn(NC(=O)COc3ccccc3Cc3ccccc3)c(=O)c2c1-c1ccccc1. The van der Waals surface area contributed by atoms with E-state index < -0.39 is 5.91 Å². The van der Waals surface area contributed by atoms with Crippen molar-refractivity contribution in [2.45, 2.75) is 13.3 Å². The Morgan fingerprint density at radius 3 is 2.43 bits per heavy atom. The number of aryl methyl sites for hydroxylation is 1. The third kappa shape index (κ3) is 4.85. The first-order valence-corrected chi connectivity index (χ1v) is 12.0. The van der Waals surface area contributed by atoms with Crippen LogP contribution in [-0.4, -0.2) is 22.2 Å². The van der Waals surface area contributed by atoms with E-state index in [1.54, 1.807) is 0 Å². The smallest absolute Gasteiger partial charge is 0.281 e. The molecule has 0 radical (unpaired) electrons. The number of rotatable bonds is 7. The fourth-order valence-electron chi connectivity index (χ4n) is 4.05. The highest BCUT2D eigenvalue weighted by Gasteiger charge is 2.18. The molecular weight excluding hydrogens is 458 g/mol. The molecule has 0 aliphatic rings. The summed E-state index contributed by atoms with van der Waals surface area (Å²) in [5.74, 6) is 0.184. The lowest BCUT2D eigenvalue weighted by Crippen LogP contribution is -2.35. The van der Waals surface area contributed by atoms with Crippen molar-refractivity contribution in [3.8, 4) is 16.9 Å². The van der Waals surface area contributed by atoms with Crippen LogP contribution in [0.5, 0.6) is 5.75 Å². The van der Waals surface area contributed by atoms with E-state index in [0.717, 1.165) is 31.8 Å². The van der Waals surface area contributed by atoms with Gasteiger partial charge in [0.1, 0.15) is 16.9 Å². The first-order chi connectivity index (χ1) is 17.1. The average molecular weight is 482 g/mol. The van der Waals surface area contributed by atoms with Gasteiger partial charge in [0.25, 0.3) is 11.5 Å². The van der Waals surface area contributed by atoms with Gasteiger partial charge >= 0.3 is 0 Å². The largest absolute Gasteiger partial charge is 0.483 e. The van der Waals surface area contributed by atoms with Crippen LogP contribution in [0.3, 0.4) is 0 Å². The summed E-state index contributed by atoms with van der Waals surface area (Å²) in [6, 6.07) is 27.4. The predicted octanol–water partition coefficient (Wildman–Crippen LogP) is 5.17. The molecule has 0 bridgehead atoms. The van der Waals surface area contributed by atoms with Crippen LogP contribution in [0.15, 0.2) is 96.1 Å². The second-order valence-electron chi connectivity index (χ2n) is 8.09. The molecule has 6 nitrogen and oxygen atoms in total. The number of carbonyl (C=O) groups is 1. The highest BCUT2D eigenvalue weighted by atomic mass is 32.1. The Morgan fingerprint density at radius 1 is 0.971 bits per heavy atom. The molecule has 0 atom stereocenters. The zero-order chi connectivity index (χ0) is 24.2. The zero-order valence-corrected chi connectivity index (χ0v) is 19.9. The van der Waals surface area contributed by atoms with Crippen molar-refractivity contribution in [2.24, 2.45) is 0 Å². The molecule has 0 unspecified atom stereocenters. The summed E-state index contributed by atoms with van der Waals surface area (Å²) in [7, 11) is 0. The van der Waals surface area contributed by atoms with Crippen LogP contribution < -0.4 is 15.7 Å². The summed E-state index contributed by atoms with van der Waals surface area (Å²) in [5.41, 5.74) is 6.21. The van der Waals surface area contributed by atoms with Gasteiger partial charge in [-0.25, -0.2) is 9.66 Å². The lowest BCUT2D eigenvalue weighted by Gasteiger charge is -2.12. The number of ether oxygens (including phenoxy) is 1. The van der Waals surface area contributed by atoms with Gasteiger partial charge in [-0.2, -0.15) is 0 Å². The van der Waals surface area contributed by atoms with Crippen molar-refractivity contribution < 1.29 is 9.53 Å². The van der Waals surface area contributed by atoms with E-state index in [-0.39, 0.29) is 12.2 Å². The number of benzene rings is 3. The Bertz CT molecular complexity index is 1540. The summed E-state index contributed by atoms with van der Waals surface area (Å²) in [6.07, 6.45) is 2.04. The summed E-state index contributed by atoms with van der Waals surface area (Å²) in [5, 5.41) is 0.496. The van der Waals surface area contributed by atoms with Gasteiger partial charge in [-0.3, -0.25) is 15.0 Å². The van der Waals surface area contributed by atoms with E-state index in [1.165, 1.54) is 17.7 Å². The van der Waals surface area contributed by atoms with Gasteiger partial charge in [-0.15, -0.1) is 11.3 Å². The zero-order valence-electron chi connectivity index (χ0n) is 19.1. The molecule has 0 spiro atoms. The Balaban J connectivity index is 1.34. The van der Waals surface area contributed by atoms with E-state index in [1.807, 2.05) is 79.7 Å². The van der Waals surface area contributed by atoms with Crippen LogP contribution in [0.1, 0.15) is 16.0 Å². The van der Waals surface area contributed by atoms with E-state index >= 15 is 0 Å². The molecule has 5 rings (SSSR count). The van der Waals surface area contributed by atoms with Crippen molar-refractivity contribution >= 4 is 27.5 Å². The highest BCUT2D eigenvalue weighted by Crippen LogP contribution is 2.35. The van der Waals surface area contributed by atoms with E-state index in [4.69, 9.17) is 4.74 Å². The maximum Gasteiger partial charge on any atom is 0.281 e. The van der Waals surface area contributed by atoms with E-state index in [9.17, 15) is 9.59 Å². The van der Waals surface area contributed by atoms with Crippen LogP contribution in [0.4, 0.5) is 0 Å². The van der Waals surface area contributed by atoms with Gasteiger partial charge in [0, 0.05) is 16.9 Å². The van der Waals surface area contributed by atoms with Gasteiger partial charge < -0.3 is 4.74 Å². The Kier molecular flexibility index (Phi) is 6.41. The minimum absolute atomic E-state index is 0.232. The van der Waals surface area contributed by atoms with Crippen molar-refractivity contribution in [3.05, 3.63) is 118 Å². The number of carbonyl (C=O) groups excluding carboxylic acids is 1. The number of amides is 1. The molecule has 0 saturated heterocycles. The molecule has 0 fully saturated rings. The minimum atomic E-state index is -0.448. The first kappa shape index (κ1) is 22.6. The van der Waals surface area contributed by atoms with Gasteiger partial charge in [0.2, 0.25) is 0 Å². The third-order valence-corrected chi connectivity index (χ3v) is 6.68. The summed E-state index contributed by atoms with van der Waals surface area (Å²) < 4.78 is 6.95. The van der Waals surface area contributed by atoms with Crippen LogP contribution in [0.25, 0.3) is 21.3 Å². The van der Waals surface area contributed by atoms with Crippen LogP contribution in [0, 0.1) is 6.92 Å². The van der Waals surface area contributed by atoms with Crippen LogP contribution in [-0.2, 0) is 11.2 Å². The standard InChI is InChI=1S/C28H23N3O3S/c1-19-25(21-12-6-3-7-13-21)26-27(35-19)29-18-31(28(26)33)30-24(32)17-34-23-15-9-8-14-22(23)16-20-10-4-2-5-11-20/h2-15,18H,16-17H2,1H3,(H,30,32). The monoisotopic (exact) mass is 481 g/mol. The van der Waals surface area contributed by atoms with Crippen molar-refractivity contribution in [2.75, 3.05) is 12.0 Å². The van der Waals surface area contributed by atoms with Gasteiger partial charge in [-0.1, -0.05) is 78.9 Å². The van der Waals surface area contributed by atoms with Gasteiger partial charge in [0.05, 0.1) is 5.39 Å². The molecule has 174 valence electrons. The quantitative estimate of drug-likeness (QED) is 0.348. The van der Waals surface area contributed by atoms with E-state index in [2.05, 4.69) is 22.5 Å². The molecule has 2 aromatic heterocycles. The molecule has 0 aliphatic carbocycles. The molecule has 1 amide bonds. The van der Waals surface area contributed by atoms with Crippen molar-refractivity contribution in [1.82, 2.24) is 9.66 Å². The summed E-state index contributed by atoms with van der Waals surface area (Å²) in [4.78, 5) is 32.0. The predicted molar refractivity (Wildman–Crippen MR) is 140 cm³/mol. The van der Waals surface area contributed by atoms with Crippen LogP contribution >= 0.6 is 11.3 Å². The first-order valence-electron chi connectivity index (χ1n) is 11.2. The topological polar surface area (TPSA) is 73.2 Å². The van der Waals surface area contributed by atoms with Crippen molar-refractivity contribution in [1.29, 1.82) is 0 Å². The fourth-order valence-corrected chi connectivity index (χ4v) is 5.05. The Morgan fingerprint density at radius 2 is 1.66 bits per heavy atom. The maximum atomic E-state index is 13.3. The second-order valence-corrected chi connectivity index (χ2v) is 9.30. The van der Waals surface area contributed by atoms with Crippen molar-refractivity contribution in [3.63, 3.8) is 0 Å². The number of hydrogen-bond acceptors (Lipinski definition) is 5. The summed E-state index contributed by atoms with van der Waals surface area (Å²) in [6.45, 7) is 1.74. The van der Waals surface area contributed by atoms with Gasteiger partial charge in [-0.05, 0) is 29.7 Å². The molecule has 5 aromatic rings. The number of nitrogens with zero attached hydrogens (tertiary/aromatic N) is 2. The normalized spacial score (nSPS) is 10.9. The minimum Gasteiger partial charge on any atom is -0.483 e. The Labute approximate surface area is 206 Å². The molecule has 7 heteroatoms. The molecular formula is C28H23N3O3S. The number of hydrogen-bond donors (Lipinski definition) is 1. The molecule has 0 aliphatic heterocycles. The molecule has 0 saturated carbocycles. The van der Waals surface area contributed by atoms with Gasteiger partial charge in [0.15, 0.2) is 6.61 Å². The maximum absolute atomic E-state index is 13.3. The lowest BCUT2D eigenvalue weighted by molar-refractivity contribution is -0.119. The fraction of sp³-hybridized carbons (Fsp3) is 0.107. The summed E-state index contributed by atoms with van der Waals surface area (Å²) >= 11 is 1.46. The lowest BCUT2D eigenvalue weighted by atomic mass is 10.0. The number of para-hydroxylation sites is 1. The molecule has 1 N–H and O–H groups in total. The molecule has 3 aromatic carbocycles. The number of nitrogens with one attached hydrogen (secondary N) is 1. The van der Waals surface area contributed by atoms with Crippen LogP contribution in [0.2, 0.25) is 0 Å². The highest BCUT2D eigenvalue weighted by molar-refractivity contribution is 7.19. The number of aromatic nitrogens is 2. The Hall–Kier alpha value is -4.23. The molecule has 2 heterocycles. The number of fused-ring (bicyclic) bond motifs is 1. The number of thiophene rings is 1. The van der Waals surface area contributed by atoms with E-state index in [0.29, 0.717) is 22.4 Å². The molecule has 35 heavy (non-hydrogen) atoms.